The Morgan fingerprint density at radius 1 is 1.57 bits per heavy atom. The molecular weight excluding hydrogens is 178 g/mol. The highest BCUT2D eigenvalue weighted by Crippen LogP contribution is 2.50. The summed E-state index contributed by atoms with van der Waals surface area (Å²) in [6.07, 6.45) is 3.65. The minimum atomic E-state index is -0.201. The first-order valence-electron chi connectivity index (χ1n) is 5.15. The number of hydrogen-bond donors (Lipinski definition) is 1. The van der Waals surface area contributed by atoms with Crippen molar-refractivity contribution in [3.63, 3.8) is 0 Å². The number of aliphatic hydroxyl groups excluding tert-OH is 1. The Balaban J connectivity index is 2.12. The van der Waals surface area contributed by atoms with E-state index < -0.39 is 0 Å². The Hall–Kier alpha value is -0.830. The van der Waals surface area contributed by atoms with E-state index in [1.165, 1.54) is 0 Å². The molecule has 2 saturated heterocycles. The summed E-state index contributed by atoms with van der Waals surface area (Å²) >= 11 is 0. The van der Waals surface area contributed by atoms with E-state index >= 15 is 0 Å². The van der Waals surface area contributed by atoms with Crippen molar-refractivity contribution in [2.24, 2.45) is 5.92 Å². The molecule has 0 aromatic carbocycles. The van der Waals surface area contributed by atoms with Crippen molar-refractivity contribution < 1.29 is 9.90 Å². The first-order valence-corrected chi connectivity index (χ1v) is 5.15. The summed E-state index contributed by atoms with van der Waals surface area (Å²) in [4.78, 5) is 13.6. The predicted octanol–water partition coefficient (Wildman–Crippen LogP) is 0.936. The number of hydrogen-bond acceptors (Lipinski definition) is 2. The highest BCUT2D eigenvalue weighted by Gasteiger charge is 2.56. The molecule has 1 N–H and O–H groups in total. The molecule has 1 aliphatic carbocycles. The minimum Gasteiger partial charge on any atom is -0.394 e. The zero-order valence-electron chi connectivity index (χ0n) is 8.79. The lowest BCUT2D eigenvalue weighted by Crippen LogP contribution is -2.50. The Kier molecular flexibility index (Phi) is 2.14. The van der Waals surface area contributed by atoms with Gasteiger partial charge in [-0.05, 0) is 32.6 Å². The van der Waals surface area contributed by atoms with Gasteiger partial charge in [-0.1, -0.05) is 5.57 Å². The van der Waals surface area contributed by atoms with Crippen molar-refractivity contribution in [3.8, 4) is 0 Å². The van der Waals surface area contributed by atoms with Crippen LogP contribution in [0.25, 0.3) is 0 Å². The molecule has 3 nitrogen and oxygen atoms in total. The second-order valence-electron chi connectivity index (χ2n) is 4.83. The standard InChI is InChI=1S/C11H17NO2/c1-8(2)3-10(14)12-6-9-4-11(12,5-9)7-13/h3,9,13H,4-7H2,1-2H3. The number of carbonyl (C=O) groups is 1. The summed E-state index contributed by atoms with van der Waals surface area (Å²) in [6.45, 7) is 4.79. The van der Waals surface area contributed by atoms with Gasteiger partial charge >= 0.3 is 0 Å². The van der Waals surface area contributed by atoms with Crippen LogP contribution in [-0.4, -0.2) is 34.6 Å². The number of fused-ring (bicyclic) bond motifs is 1. The zero-order valence-corrected chi connectivity index (χ0v) is 8.79. The van der Waals surface area contributed by atoms with Crippen LogP contribution in [0.15, 0.2) is 11.6 Å². The summed E-state index contributed by atoms with van der Waals surface area (Å²) in [7, 11) is 0. The van der Waals surface area contributed by atoms with Crippen LogP contribution < -0.4 is 0 Å². The van der Waals surface area contributed by atoms with E-state index in [2.05, 4.69) is 0 Å². The van der Waals surface area contributed by atoms with Crippen LogP contribution in [0.2, 0.25) is 0 Å². The second-order valence-corrected chi connectivity index (χ2v) is 4.83. The van der Waals surface area contributed by atoms with Gasteiger partial charge in [-0.2, -0.15) is 0 Å². The molecule has 0 aromatic heterocycles. The van der Waals surface area contributed by atoms with Crippen LogP contribution in [0.1, 0.15) is 26.7 Å². The number of rotatable bonds is 2. The number of nitrogens with zero attached hydrogens (tertiary/aromatic N) is 1. The van der Waals surface area contributed by atoms with Crippen LogP contribution in [0.3, 0.4) is 0 Å². The van der Waals surface area contributed by atoms with Gasteiger partial charge in [0, 0.05) is 12.6 Å². The van der Waals surface area contributed by atoms with Gasteiger partial charge in [-0.25, -0.2) is 0 Å². The maximum atomic E-state index is 11.8. The van der Waals surface area contributed by atoms with Gasteiger partial charge in [0.05, 0.1) is 12.1 Å². The maximum Gasteiger partial charge on any atom is 0.247 e. The molecule has 1 saturated carbocycles. The highest BCUT2D eigenvalue weighted by molar-refractivity contribution is 5.89. The van der Waals surface area contributed by atoms with Gasteiger partial charge in [0.2, 0.25) is 5.91 Å². The number of carbonyl (C=O) groups excluding carboxylic acids is 1. The number of allylic oxidation sites excluding steroid dienone is 1. The first kappa shape index (κ1) is 9.71. The largest absolute Gasteiger partial charge is 0.394 e. The van der Waals surface area contributed by atoms with E-state index in [-0.39, 0.29) is 18.1 Å². The fourth-order valence-electron chi connectivity index (χ4n) is 2.68. The molecule has 1 amide bonds. The van der Waals surface area contributed by atoms with Gasteiger partial charge in [0.15, 0.2) is 0 Å². The number of aliphatic hydroxyl groups is 1. The van der Waals surface area contributed by atoms with Crippen LogP contribution in [0.5, 0.6) is 0 Å². The van der Waals surface area contributed by atoms with Gasteiger partial charge in [-0.3, -0.25) is 4.79 Å². The van der Waals surface area contributed by atoms with Gasteiger partial charge in [0.1, 0.15) is 0 Å². The Bertz CT molecular complexity index is 286. The number of amides is 1. The molecule has 0 atom stereocenters. The molecule has 14 heavy (non-hydrogen) atoms. The summed E-state index contributed by atoms with van der Waals surface area (Å²) in [5.41, 5.74) is 0.820. The molecule has 3 rings (SSSR count). The molecule has 78 valence electrons. The van der Waals surface area contributed by atoms with Crippen molar-refractivity contribution in [2.45, 2.75) is 32.2 Å². The third-order valence-electron chi connectivity index (χ3n) is 3.32. The Labute approximate surface area is 84.4 Å². The Morgan fingerprint density at radius 3 is 2.71 bits per heavy atom. The third-order valence-corrected chi connectivity index (χ3v) is 3.32. The van der Waals surface area contributed by atoms with Crippen LogP contribution in [0, 0.1) is 5.92 Å². The smallest absolute Gasteiger partial charge is 0.247 e. The van der Waals surface area contributed by atoms with Crippen molar-refractivity contribution in [3.05, 3.63) is 11.6 Å². The lowest BCUT2D eigenvalue weighted by molar-refractivity contribution is -0.131. The summed E-state index contributed by atoms with van der Waals surface area (Å²) in [5, 5.41) is 9.30. The normalized spacial score (nSPS) is 33.9. The van der Waals surface area contributed by atoms with Gasteiger partial charge in [0.25, 0.3) is 0 Å². The zero-order chi connectivity index (χ0) is 10.3. The average Bonchev–Trinajstić information content (AvgIpc) is 2.54. The summed E-state index contributed by atoms with van der Waals surface area (Å²) in [6, 6.07) is 0. The van der Waals surface area contributed by atoms with E-state index in [1.54, 1.807) is 6.08 Å². The molecule has 0 unspecified atom stereocenters. The molecule has 3 fully saturated rings. The first-order chi connectivity index (χ1) is 6.57. The maximum absolute atomic E-state index is 11.8. The lowest BCUT2D eigenvalue weighted by atomic mass is 9.74. The van der Waals surface area contributed by atoms with E-state index in [1.807, 2.05) is 18.7 Å². The molecule has 2 aliphatic heterocycles. The predicted molar refractivity (Wildman–Crippen MR) is 53.7 cm³/mol. The van der Waals surface area contributed by atoms with Crippen molar-refractivity contribution >= 4 is 5.91 Å². The van der Waals surface area contributed by atoms with Crippen LogP contribution >= 0.6 is 0 Å². The molecule has 3 heteroatoms. The topological polar surface area (TPSA) is 40.5 Å². The van der Waals surface area contributed by atoms with E-state index in [0.717, 1.165) is 25.0 Å². The molecule has 0 spiro atoms. The molecule has 0 radical (unpaired) electrons. The molecule has 3 aliphatic rings. The molecule has 2 bridgehead atoms. The van der Waals surface area contributed by atoms with Gasteiger partial charge in [-0.15, -0.1) is 0 Å². The van der Waals surface area contributed by atoms with Crippen LogP contribution in [0.4, 0.5) is 0 Å². The van der Waals surface area contributed by atoms with Crippen molar-refractivity contribution in [1.82, 2.24) is 4.90 Å². The van der Waals surface area contributed by atoms with Crippen molar-refractivity contribution in [1.29, 1.82) is 0 Å². The van der Waals surface area contributed by atoms with Crippen LogP contribution in [-0.2, 0) is 4.79 Å². The fourth-order valence-corrected chi connectivity index (χ4v) is 2.68. The lowest BCUT2D eigenvalue weighted by Gasteiger charge is -2.40. The SMILES string of the molecule is CC(C)=CC(=O)N1CC2CC1(CO)C2. The molecule has 2 heterocycles. The summed E-state index contributed by atoms with van der Waals surface area (Å²) in [5.74, 6) is 0.704. The second kappa shape index (κ2) is 3.09. The quantitative estimate of drug-likeness (QED) is 0.666. The minimum absolute atomic E-state index is 0.0686. The third kappa shape index (κ3) is 1.27. The van der Waals surface area contributed by atoms with Crippen molar-refractivity contribution in [2.75, 3.05) is 13.2 Å². The van der Waals surface area contributed by atoms with E-state index in [4.69, 9.17) is 0 Å². The average molecular weight is 195 g/mol. The Morgan fingerprint density at radius 2 is 2.21 bits per heavy atom. The highest BCUT2D eigenvalue weighted by atomic mass is 16.3. The monoisotopic (exact) mass is 195 g/mol. The van der Waals surface area contributed by atoms with Gasteiger partial charge < -0.3 is 10.0 Å². The fraction of sp³-hybridized carbons (Fsp3) is 0.727. The van der Waals surface area contributed by atoms with E-state index in [9.17, 15) is 9.90 Å². The van der Waals surface area contributed by atoms with E-state index in [0.29, 0.717) is 5.92 Å². The molecule has 0 aromatic rings. The summed E-state index contributed by atoms with van der Waals surface area (Å²) < 4.78 is 0. The molecular formula is C11H17NO2.